The third-order valence-corrected chi connectivity index (χ3v) is 4.07. The summed E-state index contributed by atoms with van der Waals surface area (Å²) in [6.45, 7) is 7.01. The van der Waals surface area contributed by atoms with E-state index >= 15 is 0 Å². The Kier molecular flexibility index (Phi) is 4.91. The van der Waals surface area contributed by atoms with Gasteiger partial charge in [0.05, 0.1) is 12.5 Å². The van der Waals surface area contributed by atoms with Gasteiger partial charge >= 0.3 is 5.97 Å². The molecule has 1 aliphatic rings. The molecule has 1 aliphatic heterocycles. The molecule has 0 aromatic carbocycles. The summed E-state index contributed by atoms with van der Waals surface area (Å²) >= 11 is 0. The van der Waals surface area contributed by atoms with Crippen molar-refractivity contribution in [1.82, 2.24) is 0 Å². The second-order valence-electron chi connectivity index (χ2n) is 5.97. The predicted molar refractivity (Wildman–Crippen MR) is 68.1 cm³/mol. The van der Waals surface area contributed by atoms with Crippen LogP contribution in [0.2, 0.25) is 0 Å². The van der Waals surface area contributed by atoms with Gasteiger partial charge in [-0.1, -0.05) is 20.8 Å². The summed E-state index contributed by atoms with van der Waals surface area (Å²) in [6.07, 6.45) is 3.00. The molecule has 18 heavy (non-hydrogen) atoms. The highest BCUT2D eigenvalue weighted by atomic mass is 16.5. The fourth-order valence-electron chi connectivity index (χ4n) is 2.87. The number of esters is 1. The Morgan fingerprint density at radius 1 is 1.44 bits per heavy atom. The van der Waals surface area contributed by atoms with E-state index in [4.69, 9.17) is 9.47 Å². The van der Waals surface area contributed by atoms with Crippen LogP contribution in [0.15, 0.2) is 0 Å². The molecule has 0 bridgehead atoms. The highest BCUT2D eigenvalue weighted by Crippen LogP contribution is 2.44. The normalized spacial score (nSPS) is 21.1. The Morgan fingerprint density at radius 2 is 2.00 bits per heavy atom. The van der Waals surface area contributed by atoms with Crippen molar-refractivity contribution in [2.75, 3.05) is 20.3 Å². The molecule has 0 N–H and O–H groups in total. The molecule has 0 radical (unpaired) electrons. The van der Waals surface area contributed by atoms with E-state index in [1.807, 2.05) is 20.8 Å². The number of aldehydes is 1. The zero-order valence-electron chi connectivity index (χ0n) is 11.8. The van der Waals surface area contributed by atoms with E-state index in [1.54, 1.807) is 0 Å². The zero-order chi connectivity index (χ0) is 13.8. The molecular formula is C14H24O4. The van der Waals surface area contributed by atoms with Crippen LogP contribution in [0.3, 0.4) is 0 Å². The molecule has 4 heteroatoms. The molecule has 0 aromatic heterocycles. The predicted octanol–water partition coefficient (Wildman–Crippen LogP) is 2.21. The Balaban J connectivity index is 2.89. The van der Waals surface area contributed by atoms with Crippen LogP contribution in [0.5, 0.6) is 0 Å². The average Bonchev–Trinajstić information content (AvgIpc) is 2.38. The van der Waals surface area contributed by atoms with E-state index < -0.39 is 10.8 Å². The van der Waals surface area contributed by atoms with Crippen LogP contribution in [-0.4, -0.2) is 32.6 Å². The largest absolute Gasteiger partial charge is 0.469 e. The second-order valence-corrected chi connectivity index (χ2v) is 5.97. The lowest BCUT2D eigenvalue weighted by Crippen LogP contribution is -2.44. The van der Waals surface area contributed by atoms with E-state index in [0.717, 1.165) is 6.29 Å². The van der Waals surface area contributed by atoms with Crippen molar-refractivity contribution in [2.45, 2.75) is 40.0 Å². The molecule has 0 aromatic rings. The standard InChI is InChI=1S/C14H24O4/c1-11(9-13(2,3)10-15)14(12(16)17-4)5-7-18-8-6-14/h10-11H,5-9H2,1-4H3. The van der Waals surface area contributed by atoms with Crippen LogP contribution in [0.4, 0.5) is 0 Å². The Morgan fingerprint density at radius 3 is 2.44 bits per heavy atom. The van der Waals surface area contributed by atoms with E-state index in [9.17, 15) is 9.59 Å². The second kappa shape index (κ2) is 5.83. The van der Waals surface area contributed by atoms with Gasteiger partial charge in [0, 0.05) is 18.6 Å². The molecule has 4 nitrogen and oxygen atoms in total. The van der Waals surface area contributed by atoms with Crippen molar-refractivity contribution in [2.24, 2.45) is 16.7 Å². The van der Waals surface area contributed by atoms with Gasteiger partial charge in [0.15, 0.2) is 0 Å². The first-order valence-electron chi connectivity index (χ1n) is 6.50. The first-order valence-corrected chi connectivity index (χ1v) is 6.50. The van der Waals surface area contributed by atoms with Gasteiger partial charge in [0.1, 0.15) is 6.29 Å². The molecule has 104 valence electrons. The lowest BCUT2D eigenvalue weighted by Gasteiger charge is -2.41. The highest BCUT2D eigenvalue weighted by molar-refractivity contribution is 5.77. The third kappa shape index (κ3) is 3.10. The molecular weight excluding hydrogens is 232 g/mol. The van der Waals surface area contributed by atoms with E-state index in [1.165, 1.54) is 7.11 Å². The van der Waals surface area contributed by atoms with Crippen molar-refractivity contribution < 1.29 is 19.1 Å². The smallest absolute Gasteiger partial charge is 0.312 e. The summed E-state index contributed by atoms with van der Waals surface area (Å²) in [4.78, 5) is 23.2. The number of hydrogen-bond donors (Lipinski definition) is 0. The number of methoxy groups -OCH3 is 1. The minimum Gasteiger partial charge on any atom is -0.469 e. The van der Waals surface area contributed by atoms with Gasteiger partial charge in [0.25, 0.3) is 0 Å². The number of carbonyl (C=O) groups excluding carboxylic acids is 2. The van der Waals surface area contributed by atoms with Crippen LogP contribution in [0, 0.1) is 16.7 Å². The summed E-state index contributed by atoms with van der Waals surface area (Å²) in [6, 6.07) is 0. The molecule has 1 rings (SSSR count). The minimum absolute atomic E-state index is 0.106. The molecule has 1 heterocycles. The van der Waals surface area contributed by atoms with Gasteiger partial charge in [0.2, 0.25) is 0 Å². The highest BCUT2D eigenvalue weighted by Gasteiger charge is 2.46. The molecule has 1 atom stereocenters. The Bertz CT molecular complexity index is 303. The van der Waals surface area contributed by atoms with Gasteiger partial charge in [-0.2, -0.15) is 0 Å². The van der Waals surface area contributed by atoms with Crippen LogP contribution < -0.4 is 0 Å². The zero-order valence-corrected chi connectivity index (χ0v) is 11.8. The molecule has 0 amide bonds. The lowest BCUT2D eigenvalue weighted by atomic mass is 9.65. The summed E-state index contributed by atoms with van der Waals surface area (Å²) in [5, 5.41) is 0. The maximum Gasteiger partial charge on any atom is 0.312 e. The van der Waals surface area contributed by atoms with Gasteiger partial charge in [-0.05, 0) is 25.2 Å². The van der Waals surface area contributed by atoms with Crippen LogP contribution in [-0.2, 0) is 19.1 Å². The van der Waals surface area contributed by atoms with Crippen molar-refractivity contribution >= 4 is 12.3 Å². The monoisotopic (exact) mass is 256 g/mol. The van der Waals surface area contributed by atoms with Gasteiger partial charge < -0.3 is 14.3 Å². The van der Waals surface area contributed by atoms with Gasteiger partial charge in [-0.15, -0.1) is 0 Å². The molecule has 1 unspecified atom stereocenters. The first-order chi connectivity index (χ1) is 8.38. The topological polar surface area (TPSA) is 52.6 Å². The third-order valence-electron chi connectivity index (χ3n) is 4.07. The maximum absolute atomic E-state index is 12.1. The average molecular weight is 256 g/mol. The SMILES string of the molecule is COC(=O)C1(C(C)CC(C)(C)C=O)CCOCC1. The van der Waals surface area contributed by atoms with Crippen LogP contribution in [0.1, 0.15) is 40.0 Å². The summed E-state index contributed by atoms with van der Waals surface area (Å²) in [5.41, 5.74) is -0.897. The summed E-state index contributed by atoms with van der Waals surface area (Å²) in [5.74, 6) is -0.0611. The minimum atomic E-state index is -0.493. The van der Waals surface area contributed by atoms with Gasteiger partial charge in [-0.25, -0.2) is 0 Å². The summed E-state index contributed by atoms with van der Waals surface area (Å²) < 4.78 is 10.3. The Hall–Kier alpha value is -0.900. The summed E-state index contributed by atoms with van der Waals surface area (Å²) in [7, 11) is 1.43. The first kappa shape index (κ1) is 15.2. The fraction of sp³-hybridized carbons (Fsp3) is 0.857. The van der Waals surface area contributed by atoms with Crippen LogP contribution >= 0.6 is 0 Å². The maximum atomic E-state index is 12.1. The van der Waals surface area contributed by atoms with E-state index in [0.29, 0.717) is 32.5 Å². The molecule has 1 fully saturated rings. The van der Waals surface area contributed by atoms with E-state index in [-0.39, 0.29) is 11.9 Å². The Labute approximate surface area is 109 Å². The fourth-order valence-corrected chi connectivity index (χ4v) is 2.87. The number of ether oxygens (including phenoxy) is 2. The van der Waals surface area contributed by atoms with E-state index in [2.05, 4.69) is 0 Å². The van der Waals surface area contributed by atoms with Crippen molar-refractivity contribution in [3.63, 3.8) is 0 Å². The molecule has 0 saturated carbocycles. The molecule has 0 aliphatic carbocycles. The number of carbonyl (C=O) groups is 2. The molecule has 0 spiro atoms. The van der Waals surface area contributed by atoms with Gasteiger partial charge in [-0.3, -0.25) is 4.79 Å². The lowest BCUT2D eigenvalue weighted by molar-refractivity contribution is -0.164. The van der Waals surface area contributed by atoms with Crippen molar-refractivity contribution in [1.29, 1.82) is 0 Å². The van der Waals surface area contributed by atoms with Crippen molar-refractivity contribution in [3.8, 4) is 0 Å². The van der Waals surface area contributed by atoms with Crippen molar-refractivity contribution in [3.05, 3.63) is 0 Å². The number of rotatable bonds is 5. The molecule has 1 saturated heterocycles. The van der Waals surface area contributed by atoms with Crippen LogP contribution in [0.25, 0.3) is 0 Å². The quantitative estimate of drug-likeness (QED) is 0.559. The number of hydrogen-bond acceptors (Lipinski definition) is 4.